The van der Waals surface area contributed by atoms with Crippen LogP contribution in [-0.4, -0.2) is 18.4 Å². The van der Waals surface area contributed by atoms with Gasteiger partial charge in [0.2, 0.25) is 5.91 Å². The van der Waals surface area contributed by atoms with Gasteiger partial charge in [-0.1, -0.05) is 31.5 Å². The minimum absolute atomic E-state index is 0.0830. The predicted octanol–water partition coefficient (Wildman–Crippen LogP) is 3.37. The fourth-order valence-corrected chi connectivity index (χ4v) is 2.38. The standard InChI is InChI=1S/C20H25N3O2/c1-2-3-13-22-20(25)16-5-4-6-18(14-16)23-19(24)12-9-15-7-10-17(21)11-8-15/h4-8,10-11,14H,2-3,9,12-13,21H2,1H3,(H,22,25)(H,23,24). The van der Waals surface area contributed by atoms with Crippen molar-refractivity contribution in [3.63, 3.8) is 0 Å². The van der Waals surface area contributed by atoms with Crippen LogP contribution in [0.5, 0.6) is 0 Å². The Morgan fingerprint density at radius 3 is 2.56 bits per heavy atom. The van der Waals surface area contributed by atoms with Crippen molar-refractivity contribution in [2.45, 2.75) is 32.6 Å². The maximum absolute atomic E-state index is 12.1. The van der Waals surface area contributed by atoms with Gasteiger partial charge >= 0.3 is 0 Å². The van der Waals surface area contributed by atoms with E-state index < -0.39 is 0 Å². The Hall–Kier alpha value is -2.82. The second-order valence-electron chi connectivity index (χ2n) is 5.98. The number of nitrogens with two attached hydrogens (primary N) is 1. The van der Waals surface area contributed by atoms with Crippen LogP contribution >= 0.6 is 0 Å². The van der Waals surface area contributed by atoms with Crippen LogP contribution in [0.2, 0.25) is 0 Å². The first-order valence-electron chi connectivity index (χ1n) is 8.61. The van der Waals surface area contributed by atoms with Crippen molar-refractivity contribution in [2.75, 3.05) is 17.6 Å². The SMILES string of the molecule is CCCCNC(=O)c1cccc(NC(=O)CCc2ccc(N)cc2)c1. The highest BCUT2D eigenvalue weighted by atomic mass is 16.2. The first kappa shape index (κ1) is 18.5. The summed E-state index contributed by atoms with van der Waals surface area (Å²) in [4.78, 5) is 24.2. The van der Waals surface area contributed by atoms with Crippen LogP contribution in [-0.2, 0) is 11.2 Å². The summed E-state index contributed by atoms with van der Waals surface area (Å²) < 4.78 is 0. The van der Waals surface area contributed by atoms with Crippen LogP contribution in [0.4, 0.5) is 11.4 Å². The van der Waals surface area contributed by atoms with E-state index in [1.807, 2.05) is 24.3 Å². The van der Waals surface area contributed by atoms with Crippen LogP contribution in [0.15, 0.2) is 48.5 Å². The summed E-state index contributed by atoms with van der Waals surface area (Å²) in [6.45, 7) is 2.74. The first-order valence-corrected chi connectivity index (χ1v) is 8.61. The Kier molecular flexibility index (Phi) is 7.01. The largest absolute Gasteiger partial charge is 0.399 e. The van der Waals surface area contributed by atoms with Gasteiger partial charge in [-0.3, -0.25) is 9.59 Å². The lowest BCUT2D eigenvalue weighted by Crippen LogP contribution is -2.24. The van der Waals surface area contributed by atoms with E-state index in [4.69, 9.17) is 5.73 Å². The molecule has 0 aliphatic carbocycles. The molecule has 0 unspecified atom stereocenters. The van der Waals surface area contributed by atoms with Gasteiger partial charge in [0.05, 0.1) is 0 Å². The molecule has 5 heteroatoms. The fraction of sp³-hybridized carbons (Fsp3) is 0.300. The van der Waals surface area contributed by atoms with Crippen molar-refractivity contribution >= 4 is 23.2 Å². The highest BCUT2D eigenvalue weighted by Gasteiger charge is 2.08. The molecule has 0 saturated carbocycles. The molecule has 4 N–H and O–H groups in total. The van der Waals surface area contributed by atoms with E-state index >= 15 is 0 Å². The van der Waals surface area contributed by atoms with E-state index in [9.17, 15) is 9.59 Å². The van der Waals surface area contributed by atoms with Gasteiger partial charge in [-0.25, -0.2) is 0 Å². The molecular formula is C20H25N3O2. The van der Waals surface area contributed by atoms with Crippen LogP contribution in [0.1, 0.15) is 42.1 Å². The third kappa shape index (κ3) is 6.30. The maximum atomic E-state index is 12.1. The Labute approximate surface area is 148 Å². The lowest BCUT2D eigenvalue weighted by molar-refractivity contribution is -0.116. The third-order valence-corrected chi connectivity index (χ3v) is 3.84. The first-order chi connectivity index (χ1) is 12.1. The van der Waals surface area contributed by atoms with Crippen LogP contribution < -0.4 is 16.4 Å². The smallest absolute Gasteiger partial charge is 0.251 e. The number of hydrogen-bond acceptors (Lipinski definition) is 3. The molecule has 0 saturated heterocycles. The summed E-state index contributed by atoms with van der Waals surface area (Å²) in [6.07, 6.45) is 3.00. The molecule has 0 aromatic heterocycles. The van der Waals surface area contributed by atoms with Crippen molar-refractivity contribution in [3.05, 3.63) is 59.7 Å². The minimum Gasteiger partial charge on any atom is -0.399 e. The highest BCUT2D eigenvalue weighted by Crippen LogP contribution is 2.12. The number of amides is 2. The highest BCUT2D eigenvalue weighted by molar-refractivity contribution is 5.97. The summed E-state index contributed by atoms with van der Waals surface area (Å²) in [7, 11) is 0. The lowest BCUT2D eigenvalue weighted by Gasteiger charge is -2.08. The van der Waals surface area contributed by atoms with Crippen molar-refractivity contribution in [3.8, 4) is 0 Å². The third-order valence-electron chi connectivity index (χ3n) is 3.84. The fourth-order valence-electron chi connectivity index (χ4n) is 2.38. The lowest BCUT2D eigenvalue weighted by atomic mass is 10.1. The van der Waals surface area contributed by atoms with E-state index in [1.54, 1.807) is 24.3 Å². The number of nitrogens with one attached hydrogen (secondary N) is 2. The van der Waals surface area contributed by atoms with E-state index in [0.717, 1.165) is 18.4 Å². The summed E-state index contributed by atoms with van der Waals surface area (Å²) in [5.41, 5.74) is 8.60. The van der Waals surface area contributed by atoms with Crippen LogP contribution in [0.3, 0.4) is 0 Å². The molecule has 0 aliphatic heterocycles. The van der Waals surface area contributed by atoms with Crippen LogP contribution in [0.25, 0.3) is 0 Å². The average molecular weight is 339 g/mol. The Balaban J connectivity index is 1.86. The maximum Gasteiger partial charge on any atom is 0.251 e. The van der Waals surface area contributed by atoms with Crippen LogP contribution in [0, 0.1) is 0 Å². The normalized spacial score (nSPS) is 10.3. The molecule has 0 radical (unpaired) electrons. The Morgan fingerprint density at radius 2 is 1.84 bits per heavy atom. The van der Waals surface area contributed by atoms with E-state index in [1.165, 1.54) is 0 Å². The van der Waals surface area contributed by atoms with Crippen molar-refractivity contribution in [2.24, 2.45) is 0 Å². The summed E-state index contributed by atoms with van der Waals surface area (Å²) in [6, 6.07) is 14.5. The molecule has 2 rings (SSSR count). The molecule has 0 heterocycles. The number of rotatable bonds is 8. The number of aryl methyl sites for hydroxylation is 1. The van der Waals surface area contributed by atoms with Gasteiger partial charge < -0.3 is 16.4 Å². The second-order valence-corrected chi connectivity index (χ2v) is 5.98. The number of nitrogen functional groups attached to an aromatic ring is 1. The van der Waals surface area contributed by atoms with E-state index in [2.05, 4.69) is 17.6 Å². The number of hydrogen-bond donors (Lipinski definition) is 3. The summed E-state index contributed by atoms with van der Waals surface area (Å²) in [5, 5.41) is 5.71. The predicted molar refractivity (Wildman–Crippen MR) is 101 cm³/mol. The number of benzene rings is 2. The van der Waals surface area contributed by atoms with Gasteiger partial charge in [-0.2, -0.15) is 0 Å². The molecule has 0 fully saturated rings. The van der Waals surface area contributed by atoms with Gasteiger partial charge in [0.1, 0.15) is 0 Å². The van der Waals surface area contributed by atoms with Gasteiger partial charge in [0.25, 0.3) is 5.91 Å². The molecule has 0 bridgehead atoms. The number of carbonyl (C=O) groups excluding carboxylic acids is 2. The van der Waals surface area contributed by atoms with E-state index in [0.29, 0.717) is 36.3 Å². The monoisotopic (exact) mass is 339 g/mol. The molecule has 132 valence electrons. The number of carbonyl (C=O) groups is 2. The zero-order valence-corrected chi connectivity index (χ0v) is 14.5. The Bertz CT molecular complexity index is 711. The molecule has 25 heavy (non-hydrogen) atoms. The topological polar surface area (TPSA) is 84.2 Å². The van der Waals surface area contributed by atoms with Crippen molar-refractivity contribution in [1.29, 1.82) is 0 Å². The van der Waals surface area contributed by atoms with Crippen molar-refractivity contribution < 1.29 is 9.59 Å². The summed E-state index contributed by atoms with van der Waals surface area (Å²) in [5.74, 6) is -0.202. The van der Waals surface area contributed by atoms with E-state index in [-0.39, 0.29) is 11.8 Å². The number of unbranched alkanes of at least 4 members (excludes halogenated alkanes) is 1. The van der Waals surface area contributed by atoms with Gasteiger partial charge in [-0.15, -0.1) is 0 Å². The number of anilines is 2. The molecule has 0 atom stereocenters. The second kappa shape index (κ2) is 9.47. The zero-order valence-electron chi connectivity index (χ0n) is 14.5. The zero-order chi connectivity index (χ0) is 18.1. The molecule has 5 nitrogen and oxygen atoms in total. The molecule has 2 amide bonds. The molecule has 0 aliphatic rings. The molecule has 2 aromatic carbocycles. The average Bonchev–Trinajstić information content (AvgIpc) is 2.61. The van der Waals surface area contributed by atoms with Gasteiger partial charge in [0.15, 0.2) is 0 Å². The minimum atomic E-state index is -0.119. The molecule has 2 aromatic rings. The summed E-state index contributed by atoms with van der Waals surface area (Å²) >= 11 is 0. The quantitative estimate of drug-likeness (QED) is 0.509. The Morgan fingerprint density at radius 1 is 1.08 bits per heavy atom. The van der Waals surface area contributed by atoms with Crippen molar-refractivity contribution in [1.82, 2.24) is 5.32 Å². The van der Waals surface area contributed by atoms with Gasteiger partial charge in [-0.05, 0) is 48.7 Å². The molecule has 0 spiro atoms. The van der Waals surface area contributed by atoms with Gasteiger partial charge in [0, 0.05) is 29.9 Å². The molecular weight excluding hydrogens is 314 g/mol.